The standard InChI is InChI=1S/C21H18N2/c1-14-7-5-11-18-20(13-15(2)22-21(14)18)23-19-12-6-9-16-8-3-4-10-17(16)19/h3-13H,1-2H3,(H,22,23). The molecule has 0 aliphatic carbocycles. The Balaban J connectivity index is 1.91. The van der Waals surface area contributed by atoms with E-state index in [9.17, 15) is 0 Å². The second-order valence-electron chi connectivity index (χ2n) is 5.93. The number of aryl methyl sites for hydroxylation is 2. The Kier molecular flexibility index (Phi) is 3.23. The fourth-order valence-corrected chi connectivity index (χ4v) is 3.10. The number of pyridine rings is 1. The number of rotatable bonds is 2. The lowest BCUT2D eigenvalue weighted by Crippen LogP contribution is -1.96. The van der Waals surface area contributed by atoms with Crippen molar-refractivity contribution in [1.82, 2.24) is 4.98 Å². The van der Waals surface area contributed by atoms with Crippen LogP contribution in [0.25, 0.3) is 21.7 Å². The zero-order valence-electron chi connectivity index (χ0n) is 13.3. The summed E-state index contributed by atoms with van der Waals surface area (Å²) in [5.41, 5.74) is 5.51. The van der Waals surface area contributed by atoms with E-state index in [4.69, 9.17) is 4.98 Å². The number of benzene rings is 3. The molecule has 0 atom stereocenters. The molecule has 0 saturated carbocycles. The Morgan fingerprint density at radius 1 is 0.739 bits per heavy atom. The molecule has 1 heterocycles. The average molecular weight is 298 g/mol. The van der Waals surface area contributed by atoms with Crippen LogP contribution in [0.5, 0.6) is 0 Å². The van der Waals surface area contributed by atoms with Crippen LogP contribution < -0.4 is 5.32 Å². The number of hydrogen-bond acceptors (Lipinski definition) is 2. The van der Waals surface area contributed by atoms with Crippen LogP contribution in [0.2, 0.25) is 0 Å². The predicted molar refractivity (Wildman–Crippen MR) is 98.4 cm³/mol. The van der Waals surface area contributed by atoms with E-state index in [1.54, 1.807) is 0 Å². The molecule has 2 heteroatoms. The van der Waals surface area contributed by atoms with Crippen molar-refractivity contribution in [2.75, 3.05) is 5.32 Å². The Bertz CT molecular complexity index is 1010. The third kappa shape index (κ3) is 2.42. The molecule has 1 N–H and O–H groups in total. The minimum Gasteiger partial charge on any atom is -0.354 e. The van der Waals surface area contributed by atoms with Crippen molar-refractivity contribution in [2.45, 2.75) is 13.8 Å². The molecule has 112 valence electrons. The van der Waals surface area contributed by atoms with E-state index in [0.29, 0.717) is 0 Å². The van der Waals surface area contributed by atoms with Crippen LogP contribution in [-0.4, -0.2) is 4.98 Å². The SMILES string of the molecule is Cc1cc(Nc2cccc3ccccc23)c2cccc(C)c2n1. The van der Waals surface area contributed by atoms with Gasteiger partial charge in [0.15, 0.2) is 0 Å². The van der Waals surface area contributed by atoms with Gasteiger partial charge >= 0.3 is 0 Å². The molecule has 0 saturated heterocycles. The molecule has 0 bridgehead atoms. The summed E-state index contributed by atoms with van der Waals surface area (Å²) in [6.07, 6.45) is 0. The first-order valence-corrected chi connectivity index (χ1v) is 7.84. The van der Waals surface area contributed by atoms with Gasteiger partial charge in [-0.1, -0.05) is 54.6 Å². The van der Waals surface area contributed by atoms with E-state index in [-0.39, 0.29) is 0 Å². The molecule has 4 aromatic rings. The number of hydrogen-bond donors (Lipinski definition) is 1. The minimum absolute atomic E-state index is 1.02. The average Bonchev–Trinajstić information content (AvgIpc) is 2.56. The van der Waals surface area contributed by atoms with Gasteiger partial charge in [0, 0.05) is 27.8 Å². The Morgan fingerprint density at radius 3 is 2.39 bits per heavy atom. The molecule has 0 spiro atoms. The summed E-state index contributed by atoms with van der Waals surface area (Å²) in [5, 5.41) is 7.24. The number of aromatic nitrogens is 1. The first kappa shape index (κ1) is 13.8. The molecule has 0 amide bonds. The highest BCUT2D eigenvalue weighted by Gasteiger charge is 2.08. The van der Waals surface area contributed by atoms with Crippen molar-refractivity contribution in [3.63, 3.8) is 0 Å². The maximum Gasteiger partial charge on any atom is 0.0755 e. The number of nitrogens with one attached hydrogen (secondary N) is 1. The van der Waals surface area contributed by atoms with Gasteiger partial charge in [0.05, 0.1) is 5.52 Å². The zero-order valence-corrected chi connectivity index (χ0v) is 13.3. The van der Waals surface area contributed by atoms with Crippen LogP contribution >= 0.6 is 0 Å². The molecule has 0 aliphatic heterocycles. The van der Waals surface area contributed by atoms with E-state index < -0.39 is 0 Å². The highest BCUT2D eigenvalue weighted by molar-refractivity contribution is 6.00. The van der Waals surface area contributed by atoms with Gasteiger partial charge < -0.3 is 5.32 Å². The molecule has 3 aromatic carbocycles. The highest BCUT2D eigenvalue weighted by atomic mass is 14.9. The van der Waals surface area contributed by atoms with E-state index in [0.717, 1.165) is 28.0 Å². The smallest absolute Gasteiger partial charge is 0.0755 e. The van der Waals surface area contributed by atoms with Gasteiger partial charge in [0.25, 0.3) is 0 Å². The fraction of sp³-hybridized carbons (Fsp3) is 0.0952. The number of para-hydroxylation sites is 1. The summed E-state index contributed by atoms with van der Waals surface area (Å²) in [5.74, 6) is 0. The first-order valence-electron chi connectivity index (χ1n) is 7.84. The van der Waals surface area contributed by atoms with Crippen molar-refractivity contribution in [2.24, 2.45) is 0 Å². The third-order valence-electron chi connectivity index (χ3n) is 4.23. The van der Waals surface area contributed by atoms with Crippen molar-refractivity contribution in [1.29, 1.82) is 0 Å². The number of nitrogens with zero attached hydrogens (tertiary/aromatic N) is 1. The molecule has 0 unspecified atom stereocenters. The summed E-state index contributed by atoms with van der Waals surface area (Å²) < 4.78 is 0. The van der Waals surface area contributed by atoms with Gasteiger partial charge in [-0.3, -0.25) is 4.98 Å². The van der Waals surface area contributed by atoms with Crippen LogP contribution in [0.4, 0.5) is 11.4 Å². The summed E-state index contributed by atoms with van der Waals surface area (Å²) in [6, 6.07) is 23.2. The number of anilines is 2. The largest absolute Gasteiger partial charge is 0.354 e. The Labute approximate surface area is 135 Å². The highest BCUT2D eigenvalue weighted by Crippen LogP contribution is 2.31. The van der Waals surface area contributed by atoms with Crippen molar-refractivity contribution < 1.29 is 0 Å². The topological polar surface area (TPSA) is 24.9 Å². The van der Waals surface area contributed by atoms with E-state index in [1.807, 2.05) is 6.92 Å². The fourth-order valence-electron chi connectivity index (χ4n) is 3.10. The maximum absolute atomic E-state index is 4.70. The molecular formula is C21H18N2. The summed E-state index contributed by atoms with van der Waals surface area (Å²) >= 11 is 0. The van der Waals surface area contributed by atoms with E-state index in [1.165, 1.54) is 16.3 Å². The van der Waals surface area contributed by atoms with Gasteiger partial charge in [-0.25, -0.2) is 0 Å². The van der Waals surface area contributed by atoms with Crippen LogP contribution in [0, 0.1) is 13.8 Å². The first-order chi connectivity index (χ1) is 11.2. The molecule has 2 nitrogen and oxygen atoms in total. The van der Waals surface area contributed by atoms with Crippen molar-refractivity contribution in [3.8, 4) is 0 Å². The maximum atomic E-state index is 4.70. The Morgan fingerprint density at radius 2 is 1.48 bits per heavy atom. The normalized spacial score (nSPS) is 11.0. The third-order valence-corrected chi connectivity index (χ3v) is 4.23. The molecule has 1 aromatic heterocycles. The minimum atomic E-state index is 1.02. The number of fused-ring (bicyclic) bond motifs is 2. The quantitative estimate of drug-likeness (QED) is 0.510. The monoisotopic (exact) mass is 298 g/mol. The van der Waals surface area contributed by atoms with Crippen molar-refractivity contribution in [3.05, 3.63) is 78.0 Å². The molecule has 23 heavy (non-hydrogen) atoms. The second-order valence-corrected chi connectivity index (χ2v) is 5.93. The van der Waals surface area contributed by atoms with Crippen molar-refractivity contribution >= 4 is 33.1 Å². The van der Waals surface area contributed by atoms with E-state index >= 15 is 0 Å². The Hall–Kier alpha value is -2.87. The van der Waals surface area contributed by atoms with Crippen LogP contribution in [-0.2, 0) is 0 Å². The van der Waals surface area contributed by atoms with Crippen LogP contribution in [0.1, 0.15) is 11.3 Å². The molecule has 0 radical (unpaired) electrons. The van der Waals surface area contributed by atoms with Gasteiger partial charge in [-0.15, -0.1) is 0 Å². The second kappa shape index (κ2) is 5.40. The molecular weight excluding hydrogens is 280 g/mol. The van der Waals surface area contributed by atoms with Crippen LogP contribution in [0.3, 0.4) is 0 Å². The molecule has 4 rings (SSSR count). The summed E-state index contributed by atoms with van der Waals surface area (Å²) in [4.78, 5) is 4.70. The van der Waals surface area contributed by atoms with Crippen LogP contribution in [0.15, 0.2) is 66.7 Å². The summed E-state index contributed by atoms with van der Waals surface area (Å²) in [7, 11) is 0. The van der Waals surface area contributed by atoms with Gasteiger partial charge in [-0.05, 0) is 36.9 Å². The van der Waals surface area contributed by atoms with Gasteiger partial charge in [-0.2, -0.15) is 0 Å². The lowest BCUT2D eigenvalue weighted by molar-refractivity contribution is 1.24. The lowest BCUT2D eigenvalue weighted by atomic mass is 10.1. The van der Waals surface area contributed by atoms with Gasteiger partial charge in [0.1, 0.15) is 0 Å². The predicted octanol–water partition coefficient (Wildman–Crippen LogP) is 5.75. The molecule has 0 aliphatic rings. The van der Waals surface area contributed by atoms with E-state index in [2.05, 4.69) is 79.0 Å². The summed E-state index contributed by atoms with van der Waals surface area (Å²) in [6.45, 7) is 4.15. The lowest BCUT2D eigenvalue weighted by Gasteiger charge is -2.14. The molecule has 0 fully saturated rings. The van der Waals surface area contributed by atoms with Gasteiger partial charge in [0.2, 0.25) is 0 Å². The zero-order chi connectivity index (χ0) is 15.8.